The minimum absolute atomic E-state index is 0.0571. The van der Waals surface area contributed by atoms with E-state index in [4.69, 9.17) is 0 Å². The van der Waals surface area contributed by atoms with Crippen molar-refractivity contribution in [2.24, 2.45) is 0 Å². The Balaban J connectivity index is 1.60. The molecule has 0 saturated heterocycles. The predicted octanol–water partition coefficient (Wildman–Crippen LogP) is 2.68. The van der Waals surface area contributed by atoms with E-state index in [-0.39, 0.29) is 5.91 Å². The van der Waals surface area contributed by atoms with Gasteiger partial charge in [-0.1, -0.05) is 6.07 Å². The second-order valence-corrected chi connectivity index (χ2v) is 6.15. The molecule has 1 amide bonds. The Morgan fingerprint density at radius 2 is 2.08 bits per heavy atom. The van der Waals surface area contributed by atoms with E-state index in [9.17, 15) is 4.79 Å². The number of nitrogens with zero attached hydrogens (tertiary/aromatic N) is 3. The molecule has 2 aromatic heterocycles. The van der Waals surface area contributed by atoms with Gasteiger partial charge < -0.3 is 14.6 Å². The van der Waals surface area contributed by atoms with Crippen molar-refractivity contribution in [2.75, 3.05) is 25.5 Å². The van der Waals surface area contributed by atoms with Gasteiger partial charge in [-0.25, -0.2) is 4.98 Å². The van der Waals surface area contributed by atoms with E-state index in [1.165, 1.54) is 5.56 Å². The molecule has 0 aliphatic rings. The molecule has 5 nitrogen and oxygen atoms in total. The Morgan fingerprint density at radius 1 is 1.25 bits per heavy atom. The van der Waals surface area contributed by atoms with Gasteiger partial charge in [0.1, 0.15) is 5.65 Å². The van der Waals surface area contributed by atoms with Crippen LogP contribution in [-0.4, -0.2) is 35.9 Å². The Kier molecular flexibility index (Phi) is 4.51. The van der Waals surface area contributed by atoms with Gasteiger partial charge in [0.15, 0.2) is 0 Å². The number of hydrogen-bond acceptors (Lipinski definition) is 3. The normalized spacial score (nSPS) is 10.8. The van der Waals surface area contributed by atoms with E-state index in [0.717, 1.165) is 17.0 Å². The molecule has 0 aliphatic heterocycles. The van der Waals surface area contributed by atoms with Crippen molar-refractivity contribution < 1.29 is 4.79 Å². The minimum Gasteiger partial charge on any atom is -0.378 e. The van der Waals surface area contributed by atoms with Gasteiger partial charge in [0.25, 0.3) is 5.91 Å². The van der Waals surface area contributed by atoms with Crippen molar-refractivity contribution >= 4 is 17.2 Å². The first kappa shape index (κ1) is 16.1. The van der Waals surface area contributed by atoms with E-state index < -0.39 is 0 Å². The number of anilines is 1. The van der Waals surface area contributed by atoms with Crippen molar-refractivity contribution in [1.82, 2.24) is 14.7 Å². The number of aromatic nitrogens is 2. The number of carbonyl (C=O) groups is 1. The molecule has 0 fully saturated rings. The molecule has 0 unspecified atom stereocenters. The summed E-state index contributed by atoms with van der Waals surface area (Å²) in [6.45, 7) is 2.62. The zero-order chi connectivity index (χ0) is 17.1. The monoisotopic (exact) mass is 322 g/mol. The molecule has 0 radical (unpaired) electrons. The Labute approximate surface area is 141 Å². The highest BCUT2D eigenvalue weighted by Gasteiger charge is 2.07. The number of hydrogen-bond donors (Lipinski definition) is 1. The number of amides is 1. The van der Waals surface area contributed by atoms with E-state index in [2.05, 4.69) is 29.4 Å². The fraction of sp³-hybridized carbons (Fsp3) is 0.263. The van der Waals surface area contributed by atoms with Crippen LogP contribution in [0.15, 0.2) is 48.8 Å². The third-order valence-corrected chi connectivity index (χ3v) is 3.96. The number of imidazole rings is 1. The number of fused-ring (bicyclic) bond motifs is 1. The number of nitrogens with one attached hydrogen (secondary N) is 1. The molecule has 24 heavy (non-hydrogen) atoms. The minimum atomic E-state index is -0.0571. The molecular weight excluding hydrogens is 300 g/mol. The highest BCUT2D eigenvalue weighted by Crippen LogP contribution is 2.13. The van der Waals surface area contributed by atoms with Gasteiger partial charge in [-0.3, -0.25) is 4.79 Å². The van der Waals surface area contributed by atoms with Gasteiger partial charge in [0.2, 0.25) is 0 Å². The molecule has 2 heterocycles. The quantitative estimate of drug-likeness (QED) is 0.786. The molecule has 0 bridgehead atoms. The Morgan fingerprint density at radius 3 is 2.88 bits per heavy atom. The van der Waals surface area contributed by atoms with E-state index in [1.807, 2.05) is 60.1 Å². The summed E-state index contributed by atoms with van der Waals surface area (Å²) in [4.78, 5) is 18.8. The maximum absolute atomic E-state index is 12.3. The lowest BCUT2D eigenvalue weighted by Crippen LogP contribution is -2.26. The summed E-state index contributed by atoms with van der Waals surface area (Å²) in [5.74, 6) is -0.0571. The van der Waals surface area contributed by atoms with Crippen molar-refractivity contribution in [3.8, 4) is 0 Å². The van der Waals surface area contributed by atoms with Crippen LogP contribution in [0.5, 0.6) is 0 Å². The third kappa shape index (κ3) is 3.56. The number of aryl methyl sites for hydroxylation is 1. The van der Waals surface area contributed by atoms with Crippen LogP contribution in [-0.2, 0) is 6.42 Å². The van der Waals surface area contributed by atoms with E-state index in [1.54, 1.807) is 0 Å². The van der Waals surface area contributed by atoms with Crippen LogP contribution in [0.4, 0.5) is 5.69 Å². The van der Waals surface area contributed by atoms with Gasteiger partial charge >= 0.3 is 0 Å². The molecular formula is C19H22N4O. The number of pyridine rings is 1. The molecule has 3 rings (SSSR count). The summed E-state index contributed by atoms with van der Waals surface area (Å²) >= 11 is 0. The first-order chi connectivity index (χ1) is 11.5. The average Bonchev–Trinajstić information content (AvgIpc) is 2.96. The van der Waals surface area contributed by atoms with Gasteiger partial charge in [-0.05, 0) is 42.8 Å². The largest absolute Gasteiger partial charge is 0.378 e. The highest BCUT2D eigenvalue weighted by molar-refractivity contribution is 5.95. The first-order valence-electron chi connectivity index (χ1n) is 8.03. The standard InChI is InChI=1S/C19H22N4O/c1-14-8-10-23-13-16(21-18(23)11-14)7-9-20-19(24)15-5-4-6-17(12-15)22(2)3/h4-6,8,10-13H,7,9H2,1-3H3,(H,20,24). The molecule has 0 atom stereocenters. The maximum Gasteiger partial charge on any atom is 0.251 e. The summed E-state index contributed by atoms with van der Waals surface area (Å²) in [5.41, 5.74) is 4.79. The van der Waals surface area contributed by atoms with Crippen LogP contribution in [0.25, 0.3) is 5.65 Å². The Hall–Kier alpha value is -2.82. The second-order valence-electron chi connectivity index (χ2n) is 6.15. The molecule has 3 aromatic rings. The first-order valence-corrected chi connectivity index (χ1v) is 8.03. The van der Waals surface area contributed by atoms with E-state index in [0.29, 0.717) is 18.5 Å². The lowest BCUT2D eigenvalue weighted by molar-refractivity contribution is 0.0954. The fourth-order valence-corrected chi connectivity index (χ4v) is 2.59. The van der Waals surface area contributed by atoms with Gasteiger partial charge in [-0.2, -0.15) is 0 Å². The molecule has 0 aliphatic carbocycles. The van der Waals surface area contributed by atoms with E-state index >= 15 is 0 Å². The second kappa shape index (κ2) is 6.74. The number of benzene rings is 1. The topological polar surface area (TPSA) is 49.6 Å². The molecule has 124 valence electrons. The average molecular weight is 322 g/mol. The summed E-state index contributed by atoms with van der Waals surface area (Å²) in [6.07, 6.45) is 4.72. The van der Waals surface area contributed by atoms with Crippen LogP contribution in [0.1, 0.15) is 21.6 Å². The molecule has 5 heteroatoms. The fourth-order valence-electron chi connectivity index (χ4n) is 2.59. The summed E-state index contributed by atoms with van der Waals surface area (Å²) in [7, 11) is 3.92. The zero-order valence-electron chi connectivity index (χ0n) is 14.3. The van der Waals surface area contributed by atoms with Crippen LogP contribution in [0, 0.1) is 6.92 Å². The Bertz CT molecular complexity index is 867. The van der Waals surface area contributed by atoms with Crippen molar-refractivity contribution in [2.45, 2.75) is 13.3 Å². The number of carbonyl (C=O) groups excluding carboxylic acids is 1. The van der Waals surface area contributed by atoms with Crippen LogP contribution in [0.2, 0.25) is 0 Å². The molecule has 0 saturated carbocycles. The SMILES string of the molecule is Cc1ccn2cc(CCNC(=O)c3cccc(N(C)C)c3)nc2c1. The van der Waals surface area contributed by atoms with Crippen molar-refractivity contribution in [3.63, 3.8) is 0 Å². The van der Waals surface area contributed by atoms with Gasteiger partial charge in [-0.15, -0.1) is 0 Å². The molecule has 1 N–H and O–H groups in total. The van der Waals surface area contributed by atoms with Gasteiger partial charge in [0, 0.05) is 50.7 Å². The van der Waals surface area contributed by atoms with Gasteiger partial charge in [0.05, 0.1) is 5.69 Å². The van der Waals surface area contributed by atoms with Crippen LogP contribution < -0.4 is 10.2 Å². The summed E-state index contributed by atoms with van der Waals surface area (Å²) in [6, 6.07) is 11.7. The lowest BCUT2D eigenvalue weighted by atomic mass is 10.2. The predicted molar refractivity (Wildman–Crippen MR) is 96.7 cm³/mol. The summed E-state index contributed by atoms with van der Waals surface area (Å²) < 4.78 is 2.00. The van der Waals surface area contributed by atoms with Crippen LogP contribution >= 0.6 is 0 Å². The molecule has 1 aromatic carbocycles. The summed E-state index contributed by atoms with van der Waals surface area (Å²) in [5, 5.41) is 2.96. The third-order valence-electron chi connectivity index (χ3n) is 3.96. The zero-order valence-corrected chi connectivity index (χ0v) is 14.3. The lowest BCUT2D eigenvalue weighted by Gasteiger charge is -2.13. The van der Waals surface area contributed by atoms with Crippen molar-refractivity contribution in [3.05, 3.63) is 65.6 Å². The highest BCUT2D eigenvalue weighted by atomic mass is 16.1. The molecule has 0 spiro atoms. The maximum atomic E-state index is 12.3. The van der Waals surface area contributed by atoms with Crippen LogP contribution in [0.3, 0.4) is 0 Å². The number of rotatable bonds is 5. The van der Waals surface area contributed by atoms with Crippen molar-refractivity contribution in [1.29, 1.82) is 0 Å². The smallest absolute Gasteiger partial charge is 0.251 e.